The number of nitrogens with zero attached hydrogens (tertiary/aromatic N) is 6. The monoisotopic (exact) mass is 430 g/mol. The molecule has 1 aliphatic rings. The molecule has 1 aromatic carbocycles. The molecule has 0 aliphatic carbocycles. The average Bonchev–Trinajstić information content (AvgIpc) is 3.51. The molecule has 0 N–H and O–H groups in total. The number of aromatic nitrogens is 4. The standard InChI is InChI=1S/C23H22N6OS/c1-17-8-9-29(26-17)22-15-21(24-16-25-22)27-10-12-28(13-11-27)23(30)19-6-4-18(5-7-19)20-3-2-14-31-20/h2-9,14-16H,10-13H2,1H3. The van der Waals surface area contributed by atoms with Gasteiger partial charge in [-0.3, -0.25) is 4.79 Å². The summed E-state index contributed by atoms with van der Waals surface area (Å²) in [7, 11) is 0. The first-order valence-electron chi connectivity index (χ1n) is 10.2. The summed E-state index contributed by atoms with van der Waals surface area (Å²) in [6.45, 7) is 4.73. The van der Waals surface area contributed by atoms with E-state index < -0.39 is 0 Å². The van der Waals surface area contributed by atoms with Crippen LogP contribution in [0.5, 0.6) is 0 Å². The molecule has 3 aromatic heterocycles. The van der Waals surface area contributed by atoms with Gasteiger partial charge in [0, 0.05) is 48.9 Å². The van der Waals surface area contributed by atoms with E-state index in [2.05, 4.69) is 31.4 Å². The van der Waals surface area contributed by atoms with E-state index in [1.807, 2.05) is 60.5 Å². The quantitative estimate of drug-likeness (QED) is 0.494. The van der Waals surface area contributed by atoms with Gasteiger partial charge in [0.05, 0.1) is 5.69 Å². The molecule has 4 aromatic rings. The smallest absolute Gasteiger partial charge is 0.253 e. The van der Waals surface area contributed by atoms with Crippen LogP contribution in [0, 0.1) is 6.92 Å². The third kappa shape index (κ3) is 4.06. The number of carbonyl (C=O) groups excluding carboxylic acids is 1. The fraction of sp³-hybridized carbons (Fsp3) is 0.217. The zero-order valence-corrected chi connectivity index (χ0v) is 18.0. The highest BCUT2D eigenvalue weighted by Crippen LogP contribution is 2.25. The molecular formula is C23H22N6OS. The molecule has 1 amide bonds. The Morgan fingerprint density at radius 1 is 0.968 bits per heavy atom. The summed E-state index contributed by atoms with van der Waals surface area (Å²) in [5.74, 6) is 1.67. The second-order valence-corrected chi connectivity index (χ2v) is 8.42. The van der Waals surface area contributed by atoms with Gasteiger partial charge in [0.15, 0.2) is 5.82 Å². The number of thiophene rings is 1. The van der Waals surface area contributed by atoms with E-state index in [0.29, 0.717) is 13.1 Å². The molecule has 7 nitrogen and oxygen atoms in total. The van der Waals surface area contributed by atoms with Gasteiger partial charge in [-0.1, -0.05) is 18.2 Å². The van der Waals surface area contributed by atoms with Crippen molar-refractivity contribution in [3.8, 4) is 16.3 Å². The molecule has 1 saturated heterocycles. The largest absolute Gasteiger partial charge is 0.353 e. The van der Waals surface area contributed by atoms with Crippen LogP contribution in [0.2, 0.25) is 0 Å². The molecule has 0 spiro atoms. The minimum Gasteiger partial charge on any atom is -0.353 e. The molecule has 0 bridgehead atoms. The number of benzene rings is 1. The zero-order valence-electron chi connectivity index (χ0n) is 17.2. The topological polar surface area (TPSA) is 67.2 Å². The molecule has 0 atom stereocenters. The summed E-state index contributed by atoms with van der Waals surface area (Å²) in [6.07, 6.45) is 3.45. The van der Waals surface area contributed by atoms with Gasteiger partial charge in [0.1, 0.15) is 12.1 Å². The number of piperazine rings is 1. The van der Waals surface area contributed by atoms with Gasteiger partial charge < -0.3 is 9.80 Å². The number of rotatable bonds is 4. The molecule has 1 fully saturated rings. The first kappa shape index (κ1) is 19.4. The predicted molar refractivity (Wildman–Crippen MR) is 122 cm³/mol. The summed E-state index contributed by atoms with van der Waals surface area (Å²) in [5, 5.41) is 6.47. The SMILES string of the molecule is Cc1ccn(-c2cc(N3CCN(C(=O)c4ccc(-c5cccs5)cc4)CC3)ncn2)n1. The van der Waals surface area contributed by atoms with Crippen molar-refractivity contribution in [2.75, 3.05) is 31.1 Å². The second kappa shape index (κ2) is 8.31. The van der Waals surface area contributed by atoms with Gasteiger partial charge in [-0.15, -0.1) is 11.3 Å². The Kier molecular flexibility index (Phi) is 5.21. The normalized spacial score (nSPS) is 14.1. The van der Waals surface area contributed by atoms with Gasteiger partial charge in [0.25, 0.3) is 5.91 Å². The maximum Gasteiger partial charge on any atom is 0.253 e. The number of amides is 1. The van der Waals surface area contributed by atoms with Crippen molar-refractivity contribution in [2.24, 2.45) is 0 Å². The van der Waals surface area contributed by atoms with Gasteiger partial charge in [-0.2, -0.15) is 5.10 Å². The van der Waals surface area contributed by atoms with Gasteiger partial charge in [-0.25, -0.2) is 14.6 Å². The van der Waals surface area contributed by atoms with E-state index in [1.165, 1.54) is 4.88 Å². The first-order valence-corrected chi connectivity index (χ1v) is 11.1. The van der Waals surface area contributed by atoms with Crippen molar-refractivity contribution in [3.05, 3.63) is 77.7 Å². The lowest BCUT2D eigenvalue weighted by atomic mass is 10.1. The molecule has 0 unspecified atom stereocenters. The number of aryl methyl sites for hydroxylation is 1. The zero-order chi connectivity index (χ0) is 21.2. The lowest BCUT2D eigenvalue weighted by molar-refractivity contribution is 0.0746. The van der Waals surface area contributed by atoms with Gasteiger partial charge in [-0.05, 0) is 42.1 Å². The van der Waals surface area contributed by atoms with Crippen LogP contribution >= 0.6 is 11.3 Å². The molecule has 4 heterocycles. The van der Waals surface area contributed by atoms with Crippen LogP contribution in [-0.4, -0.2) is 56.7 Å². The Balaban J connectivity index is 1.24. The minimum atomic E-state index is 0.0766. The molecule has 156 valence electrons. The Morgan fingerprint density at radius 2 is 1.74 bits per heavy atom. The van der Waals surface area contributed by atoms with Crippen LogP contribution in [-0.2, 0) is 0 Å². The van der Waals surface area contributed by atoms with E-state index >= 15 is 0 Å². The van der Waals surface area contributed by atoms with Crippen LogP contribution in [0.4, 0.5) is 5.82 Å². The van der Waals surface area contributed by atoms with Crippen molar-refractivity contribution >= 4 is 23.1 Å². The summed E-state index contributed by atoms with van der Waals surface area (Å²) in [4.78, 5) is 27.0. The third-order valence-electron chi connectivity index (χ3n) is 5.42. The number of carbonyl (C=O) groups is 1. The van der Waals surface area contributed by atoms with Crippen molar-refractivity contribution in [3.63, 3.8) is 0 Å². The Morgan fingerprint density at radius 3 is 2.42 bits per heavy atom. The molecular weight excluding hydrogens is 408 g/mol. The minimum absolute atomic E-state index is 0.0766. The van der Waals surface area contributed by atoms with E-state index in [0.717, 1.165) is 41.5 Å². The summed E-state index contributed by atoms with van der Waals surface area (Å²) < 4.78 is 1.75. The number of anilines is 1. The fourth-order valence-electron chi connectivity index (χ4n) is 3.72. The lowest BCUT2D eigenvalue weighted by Gasteiger charge is -2.35. The van der Waals surface area contributed by atoms with Crippen LogP contribution in [0.3, 0.4) is 0 Å². The van der Waals surface area contributed by atoms with Gasteiger partial charge in [0.2, 0.25) is 0 Å². The predicted octanol–water partition coefficient (Wildman–Crippen LogP) is 3.66. The molecule has 1 aliphatic heterocycles. The highest BCUT2D eigenvalue weighted by atomic mass is 32.1. The van der Waals surface area contributed by atoms with Crippen molar-refractivity contribution in [1.29, 1.82) is 0 Å². The van der Waals surface area contributed by atoms with Gasteiger partial charge >= 0.3 is 0 Å². The maximum absolute atomic E-state index is 13.0. The molecule has 31 heavy (non-hydrogen) atoms. The molecule has 0 radical (unpaired) electrons. The van der Waals surface area contributed by atoms with E-state index in [4.69, 9.17) is 0 Å². The van der Waals surface area contributed by atoms with E-state index in [-0.39, 0.29) is 5.91 Å². The second-order valence-electron chi connectivity index (χ2n) is 7.47. The maximum atomic E-state index is 13.0. The van der Waals surface area contributed by atoms with Crippen LogP contribution in [0.1, 0.15) is 16.1 Å². The molecule has 0 saturated carbocycles. The average molecular weight is 431 g/mol. The van der Waals surface area contributed by atoms with Crippen molar-refractivity contribution in [1.82, 2.24) is 24.6 Å². The Hall–Kier alpha value is -3.52. The number of hydrogen-bond donors (Lipinski definition) is 0. The van der Waals surface area contributed by atoms with Crippen LogP contribution in [0.15, 0.2) is 66.4 Å². The van der Waals surface area contributed by atoms with Crippen molar-refractivity contribution < 1.29 is 4.79 Å². The third-order valence-corrected chi connectivity index (χ3v) is 6.34. The van der Waals surface area contributed by atoms with Crippen molar-refractivity contribution in [2.45, 2.75) is 6.92 Å². The summed E-state index contributed by atoms with van der Waals surface area (Å²) >= 11 is 1.70. The molecule has 8 heteroatoms. The van der Waals surface area contributed by atoms with Crippen LogP contribution < -0.4 is 4.90 Å². The van der Waals surface area contributed by atoms with E-state index in [9.17, 15) is 4.79 Å². The summed E-state index contributed by atoms with van der Waals surface area (Å²) in [6, 6.07) is 15.9. The Labute approximate surface area is 184 Å². The highest BCUT2D eigenvalue weighted by molar-refractivity contribution is 7.13. The Bertz CT molecular complexity index is 1180. The highest BCUT2D eigenvalue weighted by Gasteiger charge is 2.23. The number of hydrogen-bond acceptors (Lipinski definition) is 6. The van der Waals surface area contributed by atoms with Crippen LogP contribution in [0.25, 0.3) is 16.3 Å². The first-order chi connectivity index (χ1) is 15.2. The van der Waals surface area contributed by atoms with E-state index in [1.54, 1.807) is 22.3 Å². The summed E-state index contributed by atoms with van der Waals surface area (Å²) in [5.41, 5.74) is 2.81. The molecule has 5 rings (SSSR count). The lowest BCUT2D eigenvalue weighted by Crippen LogP contribution is -2.49. The fourth-order valence-corrected chi connectivity index (χ4v) is 4.45.